The van der Waals surface area contributed by atoms with Crippen LogP contribution in [0.4, 0.5) is 27.5 Å². The molecule has 2 aromatic carbocycles. The minimum absolute atomic E-state index is 0.0386. The van der Waals surface area contributed by atoms with Gasteiger partial charge in [-0.05, 0) is 36.2 Å². The molecule has 0 unspecified atom stereocenters. The van der Waals surface area contributed by atoms with Crippen LogP contribution in [-0.2, 0) is 4.79 Å². The number of hydrogen-bond donors (Lipinski definition) is 2. The number of carbonyl (C=O) groups excluding carboxylic acids is 2. The van der Waals surface area contributed by atoms with Gasteiger partial charge in [-0.15, -0.1) is 0 Å². The number of urea groups is 1. The summed E-state index contributed by atoms with van der Waals surface area (Å²) in [6.45, 7) is 5.92. The van der Waals surface area contributed by atoms with Gasteiger partial charge in [0.15, 0.2) is 0 Å². The summed E-state index contributed by atoms with van der Waals surface area (Å²) >= 11 is 0. The molecule has 0 radical (unpaired) electrons. The molecule has 164 valence electrons. The zero-order chi connectivity index (χ0) is 22.4. The molecular formula is C22H27N5O4. The van der Waals surface area contributed by atoms with Gasteiger partial charge in [0.25, 0.3) is 5.69 Å². The second-order valence-electron chi connectivity index (χ2n) is 7.87. The molecule has 2 N–H and O–H groups in total. The molecule has 1 aliphatic heterocycles. The Bertz CT molecular complexity index is 937. The number of piperazine rings is 1. The molecule has 0 aliphatic carbocycles. The maximum Gasteiger partial charge on any atom is 0.321 e. The van der Waals surface area contributed by atoms with Gasteiger partial charge < -0.3 is 20.4 Å². The van der Waals surface area contributed by atoms with Crippen molar-refractivity contribution in [2.75, 3.05) is 41.7 Å². The van der Waals surface area contributed by atoms with Crippen molar-refractivity contribution in [3.8, 4) is 0 Å². The number of nitrogens with one attached hydrogen (secondary N) is 2. The maximum absolute atomic E-state index is 12.6. The van der Waals surface area contributed by atoms with Gasteiger partial charge in [-0.3, -0.25) is 14.9 Å². The molecule has 0 saturated carbocycles. The number of benzene rings is 2. The largest absolute Gasteiger partial charge is 0.362 e. The molecule has 0 atom stereocenters. The summed E-state index contributed by atoms with van der Waals surface area (Å²) in [6, 6.07) is 13.4. The van der Waals surface area contributed by atoms with E-state index in [1.807, 2.05) is 18.7 Å². The molecule has 0 aromatic heterocycles. The molecule has 9 nitrogen and oxygen atoms in total. The zero-order valence-electron chi connectivity index (χ0n) is 17.7. The normalized spacial score (nSPS) is 13.8. The second-order valence-corrected chi connectivity index (χ2v) is 7.87. The van der Waals surface area contributed by atoms with Crippen molar-refractivity contribution in [1.82, 2.24) is 4.90 Å². The topological polar surface area (TPSA) is 108 Å². The summed E-state index contributed by atoms with van der Waals surface area (Å²) < 4.78 is 0. The van der Waals surface area contributed by atoms with Crippen molar-refractivity contribution in [2.24, 2.45) is 5.92 Å². The van der Waals surface area contributed by atoms with Crippen molar-refractivity contribution >= 4 is 34.7 Å². The molecule has 3 rings (SSSR count). The molecule has 2 aromatic rings. The lowest BCUT2D eigenvalue weighted by atomic mass is 10.1. The summed E-state index contributed by atoms with van der Waals surface area (Å²) in [6.07, 6.45) is 0.455. The Balaban J connectivity index is 1.52. The standard InChI is InChI=1S/C22H27N5O4/c1-16(2)15-21(28)23-17-7-9-18(10-8-17)24-22(29)26-13-11-25(12-14-26)19-5-3-4-6-20(19)27(30)31/h3-10,16H,11-15H2,1-2H3,(H,23,28)(H,24,29). The Hall–Kier alpha value is -3.62. The molecule has 9 heteroatoms. The van der Waals surface area contributed by atoms with E-state index in [0.29, 0.717) is 49.7 Å². The minimum Gasteiger partial charge on any atom is -0.362 e. The van der Waals surface area contributed by atoms with Crippen LogP contribution in [0.1, 0.15) is 20.3 Å². The molecule has 1 fully saturated rings. The predicted molar refractivity (Wildman–Crippen MR) is 120 cm³/mol. The van der Waals surface area contributed by atoms with Crippen LogP contribution in [0.15, 0.2) is 48.5 Å². The highest BCUT2D eigenvalue weighted by Gasteiger charge is 2.25. The smallest absolute Gasteiger partial charge is 0.321 e. The van der Waals surface area contributed by atoms with Gasteiger partial charge in [-0.1, -0.05) is 26.0 Å². The van der Waals surface area contributed by atoms with E-state index in [2.05, 4.69) is 10.6 Å². The Kier molecular flexibility index (Phi) is 7.07. The fourth-order valence-corrected chi connectivity index (χ4v) is 3.46. The Morgan fingerprint density at radius 2 is 1.55 bits per heavy atom. The molecule has 31 heavy (non-hydrogen) atoms. The number of nitrogens with zero attached hydrogens (tertiary/aromatic N) is 3. The van der Waals surface area contributed by atoms with E-state index in [0.717, 1.165) is 0 Å². The van der Waals surface area contributed by atoms with Crippen LogP contribution in [0, 0.1) is 16.0 Å². The van der Waals surface area contributed by atoms with E-state index in [-0.39, 0.29) is 28.5 Å². The highest BCUT2D eigenvalue weighted by atomic mass is 16.6. The van der Waals surface area contributed by atoms with E-state index in [9.17, 15) is 19.7 Å². The number of amides is 3. The maximum atomic E-state index is 12.6. The fraction of sp³-hybridized carbons (Fsp3) is 0.364. The molecule has 0 bridgehead atoms. The van der Waals surface area contributed by atoms with Crippen LogP contribution in [0.25, 0.3) is 0 Å². The monoisotopic (exact) mass is 425 g/mol. The lowest BCUT2D eigenvalue weighted by molar-refractivity contribution is -0.384. The minimum atomic E-state index is -0.386. The summed E-state index contributed by atoms with van der Waals surface area (Å²) in [5.74, 6) is 0.246. The van der Waals surface area contributed by atoms with Crippen molar-refractivity contribution in [3.63, 3.8) is 0 Å². The summed E-state index contributed by atoms with van der Waals surface area (Å²) in [5, 5.41) is 16.9. The Labute approximate surface area is 181 Å². The van der Waals surface area contributed by atoms with Crippen LogP contribution < -0.4 is 15.5 Å². The number of para-hydroxylation sites is 2. The third-order valence-corrected chi connectivity index (χ3v) is 5.00. The lowest BCUT2D eigenvalue weighted by Crippen LogP contribution is -2.50. The van der Waals surface area contributed by atoms with Gasteiger partial charge in [-0.2, -0.15) is 0 Å². The summed E-state index contributed by atoms with van der Waals surface area (Å²) in [7, 11) is 0. The van der Waals surface area contributed by atoms with E-state index in [4.69, 9.17) is 0 Å². The second kappa shape index (κ2) is 9.92. The molecular weight excluding hydrogens is 398 g/mol. The number of hydrogen-bond acceptors (Lipinski definition) is 5. The number of rotatable bonds is 6. The van der Waals surface area contributed by atoms with E-state index < -0.39 is 0 Å². The van der Waals surface area contributed by atoms with Crippen molar-refractivity contribution in [2.45, 2.75) is 20.3 Å². The number of anilines is 3. The van der Waals surface area contributed by atoms with Crippen molar-refractivity contribution in [3.05, 3.63) is 58.6 Å². The number of carbonyl (C=O) groups is 2. The molecule has 3 amide bonds. The average Bonchev–Trinajstić information content (AvgIpc) is 2.74. The quantitative estimate of drug-likeness (QED) is 0.538. The third kappa shape index (κ3) is 5.94. The van der Waals surface area contributed by atoms with Crippen LogP contribution in [0.3, 0.4) is 0 Å². The molecule has 1 aliphatic rings. The SMILES string of the molecule is CC(C)CC(=O)Nc1ccc(NC(=O)N2CCN(c3ccccc3[N+](=O)[O-])CC2)cc1. The fourth-order valence-electron chi connectivity index (χ4n) is 3.46. The molecule has 1 saturated heterocycles. The van der Waals surface area contributed by atoms with E-state index in [1.165, 1.54) is 6.07 Å². The highest BCUT2D eigenvalue weighted by molar-refractivity contribution is 5.92. The van der Waals surface area contributed by atoms with Gasteiger partial charge in [0.05, 0.1) is 4.92 Å². The van der Waals surface area contributed by atoms with Gasteiger partial charge in [0.2, 0.25) is 5.91 Å². The van der Waals surface area contributed by atoms with Crippen LogP contribution >= 0.6 is 0 Å². The molecule has 1 heterocycles. The lowest BCUT2D eigenvalue weighted by Gasteiger charge is -2.35. The van der Waals surface area contributed by atoms with Gasteiger partial charge in [0.1, 0.15) is 5.69 Å². The van der Waals surface area contributed by atoms with E-state index >= 15 is 0 Å². The Morgan fingerprint density at radius 1 is 0.968 bits per heavy atom. The zero-order valence-corrected chi connectivity index (χ0v) is 17.7. The predicted octanol–water partition coefficient (Wildman–Crippen LogP) is 3.93. The van der Waals surface area contributed by atoms with Gasteiger partial charge in [-0.25, -0.2) is 4.79 Å². The van der Waals surface area contributed by atoms with Crippen LogP contribution in [0.5, 0.6) is 0 Å². The van der Waals surface area contributed by atoms with Gasteiger partial charge in [0, 0.05) is 50.0 Å². The van der Waals surface area contributed by atoms with Gasteiger partial charge >= 0.3 is 6.03 Å². The molecule has 0 spiro atoms. The Morgan fingerprint density at radius 3 is 2.13 bits per heavy atom. The first kappa shape index (κ1) is 22.1. The van der Waals surface area contributed by atoms with Crippen molar-refractivity contribution in [1.29, 1.82) is 0 Å². The first-order valence-corrected chi connectivity index (χ1v) is 10.3. The average molecular weight is 425 g/mol. The van der Waals surface area contributed by atoms with Crippen LogP contribution in [-0.4, -0.2) is 47.9 Å². The summed E-state index contributed by atoms with van der Waals surface area (Å²) in [5.41, 5.74) is 1.96. The van der Waals surface area contributed by atoms with Crippen LogP contribution in [0.2, 0.25) is 0 Å². The van der Waals surface area contributed by atoms with E-state index in [1.54, 1.807) is 47.4 Å². The number of nitro groups is 1. The highest BCUT2D eigenvalue weighted by Crippen LogP contribution is 2.28. The number of nitro benzene ring substituents is 1. The van der Waals surface area contributed by atoms with Crippen molar-refractivity contribution < 1.29 is 14.5 Å². The first-order chi connectivity index (χ1) is 14.8. The summed E-state index contributed by atoms with van der Waals surface area (Å²) in [4.78, 5) is 38.9. The first-order valence-electron chi connectivity index (χ1n) is 10.3. The third-order valence-electron chi connectivity index (χ3n) is 5.00.